The Hall–Kier alpha value is -0.620. The maximum absolute atomic E-state index is 11.9. The quantitative estimate of drug-likeness (QED) is 0.794. The maximum atomic E-state index is 11.9. The zero-order valence-electron chi connectivity index (χ0n) is 11.4. The minimum absolute atomic E-state index is 0.162. The van der Waals surface area contributed by atoms with Crippen LogP contribution in [0.3, 0.4) is 0 Å². The summed E-state index contributed by atoms with van der Waals surface area (Å²) in [6.45, 7) is 1.62. The summed E-state index contributed by atoms with van der Waals surface area (Å²) < 4.78 is 23.6. The van der Waals surface area contributed by atoms with E-state index in [0.717, 1.165) is 25.8 Å². The Morgan fingerprint density at radius 1 is 1.16 bits per heavy atom. The molecule has 2 aliphatic heterocycles. The molecule has 0 radical (unpaired) electrons. The number of carbonyl (C=O) groups is 1. The number of hydrogen-bond acceptors (Lipinski definition) is 4. The van der Waals surface area contributed by atoms with Crippen molar-refractivity contribution in [3.05, 3.63) is 0 Å². The molecule has 0 saturated carbocycles. The van der Waals surface area contributed by atoms with E-state index < -0.39 is 15.1 Å². The standard InChI is InChI=1S/C13H24N2O3S/c16-13(12-6-2-4-10-19(12,17)18)15-9-7-11-5-1-3-8-14-11/h11-12,14H,1-10H2,(H,15,16). The number of carbonyl (C=O) groups excluding carboxylic acids is 1. The molecule has 2 saturated heterocycles. The van der Waals surface area contributed by atoms with E-state index in [1.807, 2.05) is 0 Å². The predicted octanol–water partition coefficient (Wildman–Crippen LogP) is 0.602. The zero-order chi connectivity index (χ0) is 13.7. The van der Waals surface area contributed by atoms with E-state index in [9.17, 15) is 13.2 Å². The molecule has 2 heterocycles. The number of piperidine rings is 1. The predicted molar refractivity (Wildman–Crippen MR) is 74.7 cm³/mol. The summed E-state index contributed by atoms with van der Waals surface area (Å²) >= 11 is 0. The van der Waals surface area contributed by atoms with E-state index in [-0.39, 0.29) is 11.7 Å². The molecule has 0 aromatic rings. The molecule has 19 heavy (non-hydrogen) atoms. The summed E-state index contributed by atoms with van der Waals surface area (Å²) in [5, 5.41) is 5.41. The Labute approximate surface area is 115 Å². The number of amides is 1. The van der Waals surface area contributed by atoms with Crippen LogP contribution in [0.15, 0.2) is 0 Å². The first-order chi connectivity index (χ1) is 9.09. The maximum Gasteiger partial charge on any atom is 0.238 e. The lowest BCUT2D eigenvalue weighted by molar-refractivity contribution is -0.120. The minimum Gasteiger partial charge on any atom is -0.355 e. The largest absolute Gasteiger partial charge is 0.355 e. The Kier molecular flexibility index (Phi) is 5.21. The van der Waals surface area contributed by atoms with Crippen molar-refractivity contribution in [2.75, 3.05) is 18.8 Å². The zero-order valence-corrected chi connectivity index (χ0v) is 12.2. The highest BCUT2D eigenvalue weighted by Crippen LogP contribution is 2.19. The molecule has 2 N–H and O–H groups in total. The first-order valence-electron chi connectivity index (χ1n) is 7.32. The monoisotopic (exact) mass is 288 g/mol. The van der Waals surface area contributed by atoms with Crippen LogP contribution in [0.25, 0.3) is 0 Å². The molecule has 0 bridgehead atoms. The fraction of sp³-hybridized carbons (Fsp3) is 0.923. The summed E-state index contributed by atoms with van der Waals surface area (Å²) in [4.78, 5) is 11.9. The van der Waals surface area contributed by atoms with E-state index in [1.165, 1.54) is 12.8 Å². The van der Waals surface area contributed by atoms with Crippen molar-refractivity contribution in [1.29, 1.82) is 0 Å². The summed E-state index contributed by atoms with van der Waals surface area (Å²) in [6.07, 6.45) is 6.51. The van der Waals surface area contributed by atoms with Crippen LogP contribution in [-0.2, 0) is 14.6 Å². The molecule has 0 aromatic carbocycles. The van der Waals surface area contributed by atoms with Gasteiger partial charge >= 0.3 is 0 Å². The van der Waals surface area contributed by atoms with Crippen molar-refractivity contribution >= 4 is 15.7 Å². The lowest BCUT2D eigenvalue weighted by Crippen LogP contribution is -2.44. The van der Waals surface area contributed by atoms with Crippen LogP contribution in [0.1, 0.15) is 44.9 Å². The number of sulfone groups is 1. The molecule has 5 nitrogen and oxygen atoms in total. The van der Waals surface area contributed by atoms with Gasteiger partial charge in [0.2, 0.25) is 5.91 Å². The summed E-state index contributed by atoms with van der Waals surface area (Å²) in [6, 6.07) is 0.469. The van der Waals surface area contributed by atoms with Crippen molar-refractivity contribution < 1.29 is 13.2 Å². The third kappa shape index (κ3) is 4.18. The molecule has 2 rings (SSSR count). The smallest absolute Gasteiger partial charge is 0.238 e. The van der Waals surface area contributed by atoms with Crippen LogP contribution in [0.4, 0.5) is 0 Å². The van der Waals surface area contributed by atoms with Crippen LogP contribution in [0.2, 0.25) is 0 Å². The van der Waals surface area contributed by atoms with Gasteiger partial charge in [0.05, 0.1) is 5.75 Å². The lowest BCUT2D eigenvalue weighted by atomic mass is 10.0. The van der Waals surface area contributed by atoms with Gasteiger partial charge < -0.3 is 10.6 Å². The van der Waals surface area contributed by atoms with Gasteiger partial charge in [-0.25, -0.2) is 8.42 Å². The summed E-state index contributed by atoms with van der Waals surface area (Å²) in [5.41, 5.74) is 0. The Balaban J connectivity index is 1.74. The van der Waals surface area contributed by atoms with Crippen LogP contribution >= 0.6 is 0 Å². The molecular formula is C13H24N2O3S. The lowest BCUT2D eigenvalue weighted by Gasteiger charge is -2.24. The molecule has 0 aliphatic carbocycles. The van der Waals surface area contributed by atoms with E-state index in [4.69, 9.17) is 0 Å². The van der Waals surface area contributed by atoms with E-state index in [0.29, 0.717) is 25.4 Å². The molecule has 2 atom stereocenters. The van der Waals surface area contributed by atoms with Gasteiger partial charge in [0, 0.05) is 12.6 Å². The van der Waals surface area contributed by atoms with Crippen LogP contribution in [-0.4, -0.2) is 44.5 Å². The van der Waals surface area contributed by atoms with Crippen molar-refractivity contribution in [2.45, 2.75) is 56.2 Å². The highest BCUT2D eigenvalue weighted by atomic mass is 32.2. The highest BCUT2D eigenvalue weighted by Gasteiger charge is 2.34. The van der Waals surface area contributed by atoms with Crippen molar-refractivity contribution in [3.63, 3.8) is 0 Å². The fourth-order valence-corrected chi connectivity index (χ4v) is 4.73. The van der Waals surface area contributed by atoms with Crippen LogP contribution in [0, 0.1) is 0 Å². The minimum atomic E-state index is -3.21. The summed E-state index contributed by atoms with van der Waals surface area (Å²) in [7, 11) is -3.21. The highest BCUT2D eigenvalue weighted by molar-refractivity contribution is 7.92. The first-order valence-corrected chi connectivity index (χ1v) is 9.04. The van der Waals surface area contributed by atoms with Crippen molar-refractivity contribution in [3.8, 4) is 0 Å². The molecule has 2 unspecified atom stereocenters. The average Bonchev–Trinajstić information content (AvgIpc) is 2.39. The normalized spacial score (nSPS) is 30.7. The molecule has 6 heteroatoms. The Morgan fingerprint density at radius 2 is 1.95 bits per heavy atom. The molecule has 1 amide bonds. The molecule has 0 spiro atoms. The van der Waals surface area contributed by atoms with E-state index >= 15 is 0 Å². The van der Waals surface area contributed by atoms with Crippen LogP contribution < -0.4 is 10.6 Å². The Morgan fingerprint density at radius 3 is 2.63 bits per heavy atom. The Bertz CT molecular complexity index is 402. The van der Waals surface area contributed by atoms with Gasteiger partial charge in [-0.2, -0.15) is 0 Å². The fourth-order valence-electron chi connectivity index (χ4n) is 2.90. The first kappa shape index (κ1) is 14.8. The number of rotatable bonds is 4. The van der Waals surface area contributed by atoms with E-state index in [2.05, 4.69) is 10.6 Å². The second-order valence-corrected chi connectivity index (χ2v) is 7.88. The van der Waals surface area contributed by atoms with Gasteiger partial charge in [0.15, 0.2) is 9.84 Å². The number of hydrogen-bond donors (Lipinski definition) is 2. The molecule has 0 aromatic heterocycles. The topological polar surface area (TPSA) is 75.3 Å². The molecule has 110 valence electrons. The second-order valence-electron chi connectivity index (χ2n) is 5.58. The van der Waals surface area contributed by atoms with Gasteiger partial charge in [0.1, 0.15) is 5.25 Å². The van der Waals surface area contributed by atoms with Crippen molar-refractivity contribution in [1.82, 2.24) is 10.6 Å². The van der Waals surface area contributed by atoms with Crippen LogP contribution in [0.5, 0.6) is 0 Å². The summed E-state index contributed by atoms with van der Waals surface area (Å²) in [5.74, 6) is -0.134. The molecule has 2 fully saturated rings. The second kappa shape index (κ2) is 6.70. The average molecular weight is 288 g/mol. The van der Waals surface area contributed by atoms with Gasteiger partial charge in [-0.1, -0.05) is 12.8 Å². The van der Waals surface area contributed by atoms with Gasteiger partial charge in [-0.05, 0) is 38.6 Å². The SMILES string of the molecule is O=C(NCCC1CCCCN1)C1CCCCS1(=O)=O. The van der Waals surface area contributed by atoms with Crippen molar-refractivity contribution in [2.24, 2.45) is 0 Å². The van der Waals surface area contributed by atoms with Gasteiger partial charge in [-0.3, -0.25) is 4.79 Å². The third-order valence-electron chi connectivity index (χ3n) is 4.08. The van der Waals surface area contributed by atoms with Gasteiger partial charge in [-0.15, -0.1) is 0 Å². The molecule has 2 aliphatic rings. The number of nitrogens with one attached hydrogen (secondary N) is 2. The van der Waals surface area contributed by atoms with E-state index in [1.54, 1.807) is 0 Å². The third-order valence-corrected chi connectivity index (χ3v) is 6.25. The molecular weight excluding hydrogens is 264 g/mol. The van der Waals surface area contributed by atoms with Gasteiger partial charge in [0.25, 0.3) is 0 Å².